The van der Waals surface area contributed by atoms with Crippen LogP contribution in [0.2, 0.25) is 0 Å². The van der Waals surface area contributed by atoms with Crippen LogP contribution in [0.25, 0.3) is 5.57 Å². The van der Waals surface area contributed by atoms with Crippen molar-refractivity contribution in [1.29, 1.82) is 0 Å². The van der Waals surface area contributed by atoms with E-state index in [1.807, 2.05) is 25.6 Å². The van der Waals surface area contributed by atoms with E-state index in [-0.39, 0.29) is 0 Å². The second-order valence-corrected chi connectivity index (χ2v) is 6.00. The maximum Gasteiger partial charge on any atom is 0.114 e. The van der Waals surface area contributed by atoms with Crippen LogP contribution in [0.1, 0.15) is 45.6 Å². The van der Waals surface area contributed by atoms with Gasteiger partial charge in [-0.2, -0.15) is 0 Å². The Labute approximate surface area is 118 Å². The van der Waals surface area contributed by atoms with Crippen LogP contribution in [0.4, 0.5) is 0 Å². The molecule has 0 bridgehead atoms. The molecule has 2 heterocycles. The van der Waals surface area contributed by atoms with Crippen LogP contribution < -0.4 is 0 Å². The van der Waals surface area contributed by atoms with Gasteiger partial charge in [0.05, 0.1) is 6.33 Å². The summed E-state index contributed by atoms with van der Waals surface area (Å²) < 4.78 is 0.860. The Morgan fingerprint density at radius 3 is 3.00 bits per heavy atom. The minimum absolute atomic E-state index is 0.829. The van der Waals surface area contributed by atoms with E-state index in [1.165, 1.54) is 30.4 Å². The first-order chi connectivity index (χ1) is 8.75. The molecule has 1 atom stereocenters. The molecule has 0 radical (unpaired) electrons. The molecule has 1 aliphatic carbocycles. The number of nitrogens with zero attached hydrogens (tertiary/aromatic N) is 1. The maximum atomic E-state index is 5.39. The summed E-state index contributed by atoms with van der Waals surface area (Å²) in [7, 11) is 0. The van der Waals surface area contributed by atoms with E-state index in [2.05, 4.69) is 16.9 Å². The van der Waals surface area contributed by atoms with Crippen LogP contribution in [0, 0.1) is 10.6 Å². The molecule has 2 nitrogen and oxygen atoms in total. The van der Waals surface area contributed by atoms with Crippen LogP contribution in [0.15, 0.2) is 16.9 Å². The average Bonchev–Trinajstić information content (AvgIpc) is 2.41. The van der Waals surface area contributed by atoms with Gasteiger partial charge in [0.25, 0.3) is 0 Å². The van der Waals surface area contributed by atoms with Gasteiger partial charge in [-0.25, -0.2) is 4.98 Å². The van der Waals surface area contributed by atoms with Crippen molar-refractivity contribution in [3.8, 4) is 0 Å². The number of nitrogens with one attached hydrogen (secondary N) is 1. The predicted molar refractivity (Wildman–Crippen MR) is 81.4 cm³/mol. The fourth-order valence-electron chi connectivity index (χ4n) is 2.58. The van der Waals surface area contributed by atoms with Gasteiger partial charge in [0, 0.05) is 11.3 Å². The minimum Gasteiger partial charge on any atom is -0.337 e. The third-order valence-corrected chi connectivity index (χ3v) is 4.81. The van der Waals surface area contributed by atoms with Crippen LogP contribution in [0.5, 0.6) is 0 Å². The van der Waals surface area contributed by atoms with E-state index in [1.54, 1.807) is 11.9 Å². The first-order valence-electron chi connectivity index (χ1n) is 6.67. The molecule has 0 amide bonds. The summed E-state index contributed by atoms with van der Waals surface area (Å²) in [6.07, 6.45) is 5.41. The number of aromatic nitrogens is 2. The van der Waals surface area contributed by atoms with Gasteiger partial charge in [-0.1, -0.05) is 38.6 Å². The van der Waals surface area contributed by atoms with Crippen molar-refractivity contribution in [3.63, 3.8) is 0 Å². The molecule has 1 aromatic heterocycles. The summed E-state index contributed by atoms with van der Waals surface area (Å²) in [4.78, 5) is 7.46. The lowest BCUT2D eigenvalue weighted by molar-refractivity contribution is 0.516. The summed E-state index contributed by atoms with van der Waals surface area (Å²) in [5.41, 5.74) is 4.31. The van der Waals surface area contributed by atoms with Gasteiger partial charge in [-0.15, -0.1) is 11.8 Å². The highest BCUT2D eigenvalue weighted by molar-refractivity contribution is 7.99. The number of fused-ring (bicyclic) bond motifs is 2. The maximum absolute atomic E-state index is 5.39. The Morgan fingerprint density at radius 1 is 1.44 bits per heavy atom. The lowest BCUT2D eigenvalue weighted by Crippen LogP contribution is -2.13. The number of aromatic amines is 1. The van der Waals surface area contributed by atoms with Gasteiger partial charge in [0.2, 0.25) is 0 Å². The van der Waals surface area contributed by atoms with Gasteiger partial charge in [0.1, 0.15) is 9.67 Å². The number of hydrogen-bond donors (Lipinski definition) is 1. The lowest BCUT2D eigenvalue weighted by atomic mass is 9.83. The number of allylic oxidation sites excluding steroid dienone is 1. The highest BCUT2D eigenvalue weighted by atomic mass is 32.2. The van der Waals surface area contributed by atoms with E-state index in [0.29, 0.717) is 0 Å². The second kappa shape index (κ2) is 6.02. The third kappa shape index (κ3) is 2.54. The zero-order valence-electron chi connectivity index (χ0n) is 11.2. The molecule has 0 spiro atoms. The van der Waals surface area contributed by atoms with Crippen molar-refractivity contribution in [3.05, 3.63) is 22.1 Å². The molecule has 1 unspecified atom stereocenters. The lowest BCUT2D eigenvalue weighted by Gasteiger charge is -2.29. The van der Waals surface area contributed by atoms with Gasteiger partial charge >= 0.3 is 0 Å². The van der Waals surface area contributed by atoms with Crippen molar-refractivity contribution in [1.82, 2.24) is 9.97 Å². The molecule has 0 saturated heterocycles. The SMILES string of the molecule is CC.CC1CCC2=C(CSc3nc[nH]c(=S)c32)C1. The first-order valence-corrected chi connectivity index (χ1v) is 8.07. The Bertz CT molecular complexity index is 517. The molecular weight excluding hydrogens is 260 g/mol. The van der Waals surface area contributed by atoms with Crippen molar-refractivity contribution < 1.29 is 0 Å². The topological polar surface area (TPSA) is 28.7 Å². The van der Waals surface area contributed by atoms with Gasteiger partial charge < -0.3 is 4.98 Å². The van der Waals surface area contributed by atoms with Crippen LogP contribution in [-0.4, -0.2) is 15.7 Å². The standard InChI is InChI=1S/C12H14N2S2.C2H6/c1-7-2-3-9-8(4-7)5-16-12-10(9)11(15)13-6-14-12;1-2/h6-7H,2-5H2,1H3,(H,13,14,15);1-2H3. The molecule has 0 fully saturated rings. The fourth-order valence-corrected chi connectivity index (χ4v) is 4.01. The van der Waals surface area contributed by atoms with E-state index >= 15 is 0 Å². The second-order valence-electron chi connectivity index (χ2n) is 4.63. The molecule has 1 aliphatic heterocycles. The number of rotatable bonds is 0. The van der Waals surface area contributed by atoms with E-state index < -0.39 is 0 Å². The Hall–Kier alpha value is -0.610. The normalized spacial score (nSPS) is 21.6. The van der Waals surface area contributed by atoms with Crippen LogP contribution in [-0.2, 0) is 0 Å². The summed E-state index contributed by atoms with van der Waals surface area (Å²) in [6.45, 7) is 6.34. The third-order valence-electron chi connectivity index (χ3n) is 3.41. The van der Waals surface area contributed by atoms with Crippen molar-refractivity contribution in [2.24, 2.45) is 5.92 Å². The van der Waals surface area contributed by atoms with Gasteiger partial charge in [0.15, 0.2) is 0 Å². The zero-order valence-corrected chi connectivity index (χ0v) is 12.9. The van der Waals surface area contributed by atoms with Crippen LogP contribution in [0.3, 0.4) is 0 Å². The minimum atomic E-state index is 0.829. The van der Waals surface area contributed by atoms with Gasteiger partial charge in [-0.05, 0) is 30.8 Å². The van der Waals surface area contributed by atoms with Crippen molar-refractivity contribution in [2.75, 3.05) is 5.75 Å². The molecule has 1 N–H and O–H groups in total. The summed E-state index contributed by atoms with van der Waals surface area (Å²) in [6, 6.07) is 0. The molecule has 0 saturated carbocycles. The highest BCUT2D eigenvalue weighted by Crippen LogP contribution is 2.44. The van der Waals surface area contributed by atoms with Crippen LogP contribution >= 0.6 is 24.0 Å². The average molecular weight is 280 g/mol. The summed E-state index contributed by atoms with van der Waals surface area (Å²) in [5.74, 6) is 1.94. The number of hydrogen-bond acceptors (Lipinski definition) is 3. The monoisotopic (exact) mass is 280 g/mol. The quantitative estimate of drug-likeness (QED) is 0.544. The molecule has 18 heavy (non-hydrogen) atoms. The Balaban J connectivity index is 0.000000574. The Morgan fingerprint density at radius 2 is 2.22 bits per heavy atom. The highest BCUT2D eigenvalue weighted by Gasteiger charge is 2.26. The van der Waals surface area contributed by atoms with Crippen molar-refractivity contribution >= 4 is 29.6 Å². The molecule has 98 valence electrons. The van der Waals surface area contributed by atoms with E-state index in [0.717, 1.165) is 21.3 Å². The largest absolute Gasteiger partial charge is 0.337 e. The number of H-pyrrole nitrogens is 1. The predicted octanol–water partition coefficient (Wildman–Crippen LogP) is 4.84. The van der Waals surface area contributed by atoms with E-state index in [4.69, 9.17) is 12.2 Å². The zero-order chi connectivity index (χ0) is 13.1. The summed E-state index contributed by atoms with van der Waals surface area (Å²) >= 11 is 7.23. The molecule has 1 aromatic rings. The van der Waals surface area contributed by atoms with Gasteiger partial charge in [-0.3, -0.25) is 0 Å². The number of thioether (sulfide) groups is 1. The smallest absolute Gasteiger partial charge is 0.114 e. The fraction of sp³-hybridized carbons (Fsp3) is 0.571. The Kier molecular flexibility index (Phi) is 4.62. The molecule has 3 rings (SSSR count). The first kappa shape index (κ1) is 13.8. The molecule has 4 heteroatoms. The van der Waals surface area contributed by atoms with Crippen molar-refractivity contribution in [2.45, 2.75) is 45.1 Å². The molecule has 2 aliphatic rings. The molecular formula is C14H20N2S2. The van der Waals surface area contributed by atoms with E-state index in [9.17, 15) is 0 Å². The summed E-state index contributed by atoms with van der Waals surface area (Å²) in [5, 5.41) is 1.12. The molecule has 0 aromatic carbocycles.